The highest BCUT2D eigenvalue weighted by atomic mass is 16.5. The second-order valence-corrected chi connectivity index (χ2v) is 6.19. The molecule has 1 rings (SSSR count). The third-order valence-electron chi connectivity index (χ3n) is 2.71. The van der Waals surface area contributed by atoms with Gasteiger partial charge in [0.2, 0.25) is 0 Å². The van der Waals surface area contributed by atoms with Gasteiger partial charge in [-0.05, 0) is 45.2 Å². The Morgan fingerprint density at radius 2 is 1.74 bits per heavy atom. The lowest BCUT2D eigenvalue weighted by Crippen LogP contribution is -2.46. The molecule has 1 unspecified atom stereocenters. The Hall–Kier alpha value is -1.51. The highest BCUT2D eigenvalue weighted by molar-refractivity contribution is 5.81. The van der Waals surface area contributed by atoms with Gasteiger partial charge in [0.25, 0.3) is 5.91 Å². The fraction of sp³-hybridized carbons (Fsp3) is 0.562. The van der Waals surface area contributed by atoms with E-state index >= 15 is 0 Å². The van der Waals surface area contributed by atoms with Crippen molar-refractivity contribution in [3.05, 3.63) is 29.8 Å². The van der Waals surface area contributed by atoms with Gasteiger partial charge in [-0.2, -0.15) is 0 Å². The molecule has 0 aliphatic rings. The molecule has 3 nitrogen and oxygen atoms in total. The van der Waals surface area contributed by atoms with Crippen LogP contribution in [0, 0.1) is 0 Å². The number of carbonyl (C=O) groups excluding carboxylic acids is 1. The topological polar surface area (TPSA) is 38.3 Å². The lowest BCUT2D eigenvalue weighted by Gasteiger charge is -2.24. The first-order chi connectivity index (χ1) is 8.70. The molecule has 0 fully saturated rings. The van der Waals surface area contributed by atoms with Gasteiger partial charge in [-0.15, -0.1) is 0 Å². The van der Waals surface area contributed by atoms with Crippen LogP contribution in [-0.2, 0) is 4.79 Å². The van der Waals surface area contributed by atoms with Gasteiger partial charge in [-0.1, -0.05) is 32.0 Å². The monoisotopic (exact) mass is 263 g/mol. The van der Waals surface area contributed by atoms with Crippen molar-refractivity contribution >= 4 is 5.91 Å². The molecule has 1 atom stereocenters. The quantitative estimate of drug-likeness (QED) is 0.903. The normalized spacial score (nSPS) is 13.2. The molecule has 0 heterocycles. The Morgan fingerprint density at radius 1 is 1.16 bits per heavy atom. The summed E-state index contributed by atoms with van der Waals surface area (Å²) in [6, 6.07) is 7.86. The first-order valence-electron chi connectivity index (χ1n) is 6.78. The molecular formula is C16H25NO2. The summed E-state index contributed by atoms with van der Waals surface area (Å²) >= 11 is 0. The zero-order chi connectivity index (χ0) is 14.6. The average molecular weight is 263 g/mol. The van der Waals surface area contributed by atoms with E-state index in [1.807, 2.05) is 45.0 Å². The van der Waals surface area contributed by atoms with Crippen molar-refractivity contribution in [3.63, 3.8) is 0 Å². The van der Waals surface area contributed by atoms with Gasteiger partial charge in [-0.25, -0.2) is 0 Å². The highest BCUT2D eigenvalue weighted by Gasteiger charge is 2.21. The number of nitrogens with one attached hydrogen (secondary N) is 1. The van der Waals surface area contributed by atoms with E-state index in [-0.39, 0.29) is 11.4 Å². The first-order valence-corrected chi connectivity index (χ1v) is 6.78. The Morgan fingerprint density at radius 3 is 2.26 bits per heavy atom. The lowest BCUT2D eigenvalue weighted by molar-refractivity contribution is -0.128. The average Bonchev–Trinajstić information content (AvgIpc) is 2.27. The molecule has 19 heavy (non-hydrogen) atoms. The van der Waals surface area contributed by atoms with Crippen molar-refractivity contribution in [1.29, 1.82) is 0 Å². The van der Waals surface area contributed by atoms with E-state index < -0.39 is 6.10 Å². The summed E-state index contributed by atoms with van der Waals surface area (Å²) in [5.74, 6) is 1.06. The number of para-hydroxylation sites is 1. The Kier molecular flexibility index (Phi) is 4.98. The number of hydrogen-bond acceptors (Lipinski definition) is 2. The van der Waals surface area contributed by atoms with Gasteiger partial charge in [0.15, 0.2) is 6.10 Å². The summed E-state index contributed by atoms with van der Waals surface area (Å²) in [4.78, 5) is 12.0. The minimum absolute atomic E-state index is 0.0916. The molecule has 0 aromatic heterocycles. The number of rotatable bonds is 4. The molecule has 1 amide bonds. The van der Waals surface area contributed by atoms with E-state index in [1.54, 1.807) is 6.92 Å². The molecule has 3 heteroatoms. The van der Waals surface area contributed by atoms with Crippen LogP contribution in [0.3, 0.4) is 0 Å². The van der Waals surface area contributed by atoms with Gasteiger partial charge in [-0.3, -0.25) is 4.79 Å². The minimum atomic E-state index is -0.501. The van der Waals surface area contributed by atoms with Crippen LogP contribution < -0.4 is 10.1 Å². The van der Waals surface area contributed by atoms with Crippen LogP contribution in [0.5, 0.6) is 5.75 Å². The van der Waals surface area contributed by atoms with E-state index in [0.717, 1.165) is 11.3 Å². The van der Waals surface area contributed by atoms with Crippen LogP contribution in [0.4, 0.5) is 0 Å². The second-order valence-electron chi connectivity index (χ2n) is 6.19. The van der Waals surface area contributed by atoms with E-state index in [2.05, 4.69) is 19.2 Å². The maximum atomic E-state index is 12.0. The second kappa shape index (κ2) is 6.09. The van der Waals surface area contributed by atoms with Crippen molar-refractivity contribution < 1.29 is 9.53 Å². The van der Waals surface area contributed by atoms with E-state index in [4.69, 9.17) is 4.74 Å². The molecule has 1 N–H and O–H groups in total. The fourth-order valence-electron chi connectivity index (χ4n) is 1.78. The van der Waals surface area contributed by atoms with Crippen molar-refractivity contribution in [1.82, 2.24) is 5.32 Å². The Labute approximate surface area is 116 Å². The predicted molar refractivity (Wildman–Crippen MR) is 78.5 cm³/mol. The van der Waals surface area contributed by atoms with E-state index in [0.29, 0.717) is 5.92 Å². The predicted octanol–water partition coefficient (Wildman–Crippen LogP) is 3.49. The SMILES string of the molecule is CC(Oc1ccccc1C(C)C)C(=O)NC(C)(C)C. The maximum Gasteiger partial charge on any atom is 0.261 e. The van der Waals surface area contributed by atoms with Crippen LogP contribution in [0.25, 0.3) is 0 Å². The van der Waals surface area contributed by atoms with Gasteiger partial charge in [0.05, 0.1) is 0 Å². The molecule has 1 aromatic rings. The summed E-state index contributed by atoms with van der Waals surface area (Å²) in [6.07, 6.45) is -0.501. The number of ether oxygens (including phenoxy) is 1. The molecule has 0 saturated carbocycles. The third kappa shape index (κ3) is 4.93. The van der Waals surface area contributed by atoms with E-state index in [1.165, 1.54) is 0 Å². The number of carbonyl (C=O) groups is 1. The zero-order valence-corrected chi connectivity index (χ0v) is 12.8. The molecule has 106 valence electrons. The lowest BCUT2D eigenvalue weighted by atomic mass is 10.0. The highest BCUT2D eigenvalue weighted by Crippen LogP contribution is 2.26. The molecule has 0 bridgehead atoms. The van der Waals surface area contributed by atoms with E-state index in [9.17, 15) is 4.79 Å². The number of hydrogen-bond donors (Lipinski definition) is 1. The van der Waals surface area contributed by atoms with Crippen LogP contribution in [0.1, 0.15) is 53.0 Å². The molecule has 0 aliphatic carbocycles. The van der Waals surface area contributed by atoms with Crippen LogP contribution >= 0.6 is 0 Å². The van der Waals surface area contributed by atoms with Gasteiger partial charge >= 0.3 is 0 Å². The Bertz CT molecular complexity index is 433. The molecular weight excluding hydrogens is 238 g/mol. The summed E-state index contributed by atoms with van der Waals surface area (Å²) in [5, 5.41) is 2.92. The smallest absolute Gasteiger partial charge is 0.261 e. The summed E-state index contributed by atoms with van der Waals surface area (Å²) < 4.78 is 5.80. The van der Waals surface area contributed by atoms with Gasteiger partial charge in [0, 0.05) is 5.54 Å². The molecule has 0 radical (unpaired) electrons. The summed E-state index contributed by atoms with van der Waals surface area (Å²) in [7, 11) is 0. The van der Waals surface area contributed by atoms with Gasteiger partial charge < -0.3 is 10.1 Å². The fourth-order valence-corrected chi connectivity index (χ4v) is 1.78. The maximum absolute atomic E-state index is 12.0. The summed E-state index contributed by atoms with van der Waals surface area (Å²) in [6.45, 7) is 11.9. The van der Waals surface area contributed by atoms with Crippen molar-refractivity contribution in [2.75, 3.05) is 0 Å². The molecule has 1 aromatic carbocycles. The zero-order valence-electron chi connectivity index (χ0n) is 12.8. The summed E-state index contributed by atoms with van der Waals surface area (Å²) in [5.41, 5.74) is 0.879. The van der Waals surface area contributed by atoms with Crippen molar-refractivity contribution in [3.8, 4) is 5.75 Å². The van der Waals surface area contributed by atoms with Crippen molar-refractivity contribution in [2.24, 2.45) is 0 Å². The van der Waals surface area contributed by atoms with Crippen LogP contribution in [0.15, 0.2) is 24.3 Å². The largest absolute Gasteiger partial charge is 0.481 e. The third-order valence-corrected chi connectivity index (χ3v) is 2.71. The number of benzene rings is 1. The first kappa shape index (κ1) is 15.5. The standard InChI is InChI=1S/C16H25NO2/c1-11(2)13-9-7-8-10-14(13)19-12(3)15(18)17-16(4,5)6/h7-12H,1-6H3,(H,17,18). The van der Waals surface area contributed by atoms with Crippen molar-refractivity contribution in [2.45, 2.75) is 59.1 Å². The minimum Gasteiger partial charge on any atom is -0.481 e. The van der Waals surface area contributed by atoms with Crippen LogP contribution in [-0.4, -0.2) is 17.6 Å². The molecule has 0 aliphatic heterocycles. The van der Waals surface area contributed by atoms with Gasteiger partial charge in [0.1, 0.15) is 5.75 Å². The number of amides is 1. The molecule has 0 spiro atoms. The Balaban J connectivity index is 2.77. The van der Waals surface area contributed by atoms with Crippen LogP contribution in [0.2, 0.25) is 0 Å². The molecule has 0 saturated heterocycles.